The number of rotatable bonds is 1. The molecule has 2 aromatic rings. The van der Waals surface area contributed by atoms with Gasteiger partial charge in [0.1, 0.15) is 5.52 Å². The first kappa shape index (κ1) is 8.59. The zero-order chi connectivity index (χ0) is 10.3. The molecule has 0 aromatic carbocycles. The fraction of sp³-hybridized carbons (Fsp3) is 0.364. The van der Waals surface area contributed by atoms with Gasteiger partial charge in [-0.15, -0.1) is 0 Å². The van der Waals surface area contributed by atoms with E-state index in [4.69, 9.17) is 0 Å². The lowest BCUT2D eigenvalue weighted by Gasteiger charge is -2.39. The molecule has 2 aromatic heterocycles. The van der Waals surface area contributed by atoms with Crippen LogP contribution in [0.25, 0.3) is 11.0 Å². The highest BCUT2D eigenvalue weighted by atomic mass is 15.3. The van der Waals surface area contributed by atoms with Crippen molar-refractivity contribution in [3.05, 3.63) is 24.7 Å². The molecule has 1 saturated heterocycles. The number of hydrogen-bond acceptors (Lipinski definition) is 4. The molecule has 0 bridgehead atoms. The van der Waals surface area contributed by atoms with Crippen molar-refractivity contribution in [3.8, 4) is 0 Å². The highest BCUT2D eigenvalue weighted by Gasteiger charge is 2.26. The van der Waals surface area contributed by atoms with E-state index in [0.717, 1.165) is 23.4 Å². The molecule has 0 radical (unpaired) electrons. The molecule has 0 spiro atoms. The Labute approximate surface area is 88.0 Å². The summed E-state index contributed by atoms with van der Waals surface area (Å²) in [5, 5.41) is 0. The Balaban J connectivity index is 2.17. The Morgan fingerprint density at radius 3 is 2.80 bits per heavy atom. The molecule has 0 unspecified atom stereocenters. The summed E-state index contributed by atoms with van der Waals surface area (Å²) in [4.78, 5) is 15.3. The van der Waals surface area contributed by atoms with E-state index in [1.165, 1.54) is 6.42 Å². The van der Waals surface area contributed by atoms with Crippen LogP contribution in [0.15, 0.2) is 24.7 Å². The summed E-state index contributed by atoms with van der Waals surface area (Å²) in [6.07, 6.45) is 6.47. The number of nitrogens with zero attached hydrogens (tertiary/aromatic N) is 4. The van der Waals surface area contributed by atoms with Crippen molar-refractivity contribution in [2.45, 2.75) is 19.4 Å². The minimum atomic E-state index is 0.574. The maximum Gasteiger partial charge on any atom is 0.156 e. The van der Waals surface area contributed by atoms with E-state index in [2.05, 4.69) is 26.8 Å². The van der Waals surface area contributed by atoms with Crippen LogP contribution in [0.3, 0.4) is 0 Å². The minimum Gasteiger partial charge on any atom is -0.352 e. The Hall–Kier alpha value is -1.71. The molecular formula is C11H12N4. The highest BCUT2D eigenvalue weighted by Crippen LogP contribution is 2.28. The van der Waals surface area contributed by atoms with E-state index in [1.807, 2.05) is 6.07 Å². The van der Waals surface area contributed by atoms with E-state index in [0.29, 0.717) is 6.04 Å². The smallest absolute Gasteiger partial charge is 0.156 e. The molecule has 1 aliphatic heterocycles. The third-order valence-corrected chi connectivity index (χ3v) is 2.96. The zero-order valence-electron chi connectivity index (χ0n) is 8.59. The summed E-state index contributed by atoms with van der Waals surface area (Å²) in [7, 11) is 0. The Morgan fingerprint density at radius 1 is 1.20 bits per heavy atom. The van der Waals surface area contributed by atoms with Gasteiger partial charge in [-0.05, 0) is 19.4 Å². The molecule has 4 heteroatoms. The van der Waals surface area contributed by atoms with Crippen LogP contribution in [0.5, 0.6) is 0 Å². The van der Waals surface area contributed by atoms with Gasteiger partial charge >= 0.3 is 0 Å². The normalized spacial score (nSPS) is 20.3. The number of fused-ring (bicyclic) bond motifs is 1. The predicted octanol–water partition coefficient (Wildman–Crippen LogP) is 1.62. The second kappa shape index (κ2) is 3.15. The van der Waals surface area contributed by atoms with E-state index in [9.17, 15) is 0 Å². The Morgan fingerprint density at radius 2 is 2.07 bits per heavy atom. The van der Waals surface area contributed by atoms with Gasteiger partial charge in [0.25, 0.3) is 0 Å². The lowest BCUT2D eigenvalue weighted by molar-refractivity contribution is 0.477. The van der Waals surface area contributed by atoms with Crippen LogP contribution >= 0.6 is 0 Å². The zero-order valence-corrected chi connectivity index (χ0v) is 8.59. The highest BCUT2D eigenvalue weighted by molar-refractivity contribution is 5.85. The van der Waals surface area contributed by atoms with Crippen LogP contribution < -0.4 is 4.90 Å². The first-order valence-electron chi connectivity index (χ1n) is 5.18. The van der Waals surface area contributed by atoms with Crippen molar-refractivity contribution in [1.82, 2.24) is 15.0 Å². The van der Waals surface area contributed by atoms with Gasteiger partial charge in [-0.25, -0.2) is 9.97 Å². The molecule has 0 aliphatic carbocycles. The number of aromatic nitrogens is 3. The van der Waals surface area contributed by atoms with Crippen LogP contribution in [0.4, 0.5) is 5.82 Å². The quantitative estimate of drug-likeness (QED) is 0.701. The van der Waals surface area contributed by atoms with Crippen molar-refractivity contribution in [3.63, 3.8) is 0 Å². The lowest BCUT2D eigenvalue weighted by Crippen LogP contribution is -2.46. The van der Waals surface area contributed by atoms with E-state index in [-0.39, 0.29) is 0 Å². The second-order valence-electron chi connectivity index (χ2n) is 3.89. The molecule has 0 N–H and O–H groups in total. The topological polar surface area (TPSA) is 41.9 Å². The summed E-state index contributed by atoms with van der Waals surface area (Å²) in [5.74, 6) is 0.972. The molecule has 0 amide bonds. The Bertz CT molecular complexity index is 491. The van der Waals surface area contributed by atoms with Gasteiger partial charge in [0.05, 0.1) is 5.52 Å². The Kier molecular flexibility index (Phi) is 1.80. The average molecular weight is 200 g/mol. The van der Waals surface area contributed by atoms with Gasteiger partial charge in [-0.1, -0.05) is 0 Å². The fourth-order valence-electron chi connectivity index (χ4n) is 1.92. The van der Waals surface area contributed by atoms with Crippen LogP contribution in [0.2, 0.25) is 0 Å². The molecular weight excluding hydrogens is 188 g/mol. The summed E-state index contributed by atoms with van der Waals surface area (Å²) >= 11 is 0. The number of anilines is 1. The molecule has 76 valence electrons. The summed E-state index contributed by atoms with van der Waals surface area (Å²) in [6, 6.07) is 2.47. The van der Waals surface area contributed by atoms with Gasteiger partial charge in [0.15, 0.2) is 5.82 Å². The third kappa shape index (κ3) is 1.25. The van der Waals surface area contributed by atoms with Crippen LogP contribution in [-0.4, -0.2) is 27.5 Å². The fourth-order valence-corrected chi connectivity index (χ4v) is 1.92. The van der Waals surface area contributed by atoms with E-state index in [1.54, 1.807) is 18.6 Å². The number of hydrogen-bond donors (Lipinski definition) is 0. The standard InChI is InChI=1S/C11H12N4/c1-8-3-7-15(8)11-10-9(2-4-14-11)12-5-6-13-10/h2,4-6,8H,3,7H2,1H3/t8-/m0/s1. The van der Waals surface area contributed by atoms with Gasteiger partial charge in [0.2, 0.25) is 0 Å². The molecule has 1 aliphatic rings. The molecule has 1 atom stereocenters. The van der Waals surface area contributed by atoms with Crippen LogP contribution in [0, 0.1) is 0 Å². The predicted molar refractivity (Wildman–Crippen MR) is 58.8 cm³/mol. The van der Waals surface area contributed by atoms with Crippen LogP contribution in [0.1, 0.15) is 13.3 Å². The monoisotopic (exact) mass is 200 g/mol. The van der Waals surface area contributed by atoms with Gasteiger partial charge < -0.3 is 4.90 Å². The third-order valence-electron chi connectivity index (χ3n) is 2.96. The SMILES string of the molecule is C[C@H]1CCN1c1nccc2nccnc12. The summed E-state index contributed by atoms with van der Waals surface area (Å²) in [5.41, 5.74) is 1.83. The van der Waals surface area contributed by atoms with E-state index >= 15 is 0 Å². The van der Waals surface area contributed by atoms with Crippen molar-refractivity contribution in [2.75, 3.05) is 11.4 Å². The maximum atomic E-state index is 4.40. The first-order chi connectivity index (χ1) is 7.36. The summed E-state index contributed by atoms with van der Waals surface area (Å²) < 4.78 is 0. The molecule has 3 rings (SSSR count). The van der Waals surface area contributed by atoms with Crippen molar-refractivity contribution >= 4 is 16.9 Å². The maximum absolute atomic E-state index is 4.40. The van der Waals surface area contributed by atoms with Gasteiger partial charge in [-0.3, -0.25) is 4.98 Å². The molecule has 4 nitrogen and oxygen atoms in total. The van der Waals surface area contributed by atoms with Crippen molar-refractivity contribution in [2.24, 2.45) is 0 Å². The molecule has 3 heterocycles. The molecule has 0 saturated carbocycles. The summed E-state index contributed by atoms with van der Waals surface area (Å²) in [6.45, 7) is 3.28. The van der Waals surface area contributed by atoms with Crippen LogP contribution in [-0.2, 0) is 0 Å². The molecule has 15 heavy (non-hydrogen) atoms. The lowest BCUT2D eigenvalue weighted by atomic mass is 10.1. The molecule has 1 fully saturated rings. The largest absolute Gasteiger partial charge is 0.352 e. The second-order valence-corrected chi connectivity index (χ2v) is 3.89. The average Bonchev–Trinajstić information content (AvgIpc) is 2.28. The van der Waals surface area contributed by atoms with Crippen molar-refractivity contribution in [1.29, 1.82) is 0 Å². The minimum absolute atomic E-state index is 0.574. The first-order valence-corrected chi connectivity index (χ1v) is 5.18. The van der Waals surface area contributed by atoms with Gasteiger partial charge in [-0.2, -0.15) is 0 Å². The van der Waals surface area contributed by atoms with Gasteiger partial charge in [0, 0.05) is 31.2 Å². The van der Waals surface area contributed by atoms with Crippen molar-refractivity contribution < 1.29 is 0 Å². The van der Waals surface area contributed by atoms with E-state index < -0.39 is 0 Å². The number of pyridine rings is 1.